The van der Waals surface area contributed by atoms with Crippen molar-refractivity contribution in [3.63, 3.8) is 0 Å². The van der Waals surface area contributed by atoms with E-state index in [1.165, 1.54) is 10.8 Å². The van der Waals surface area contributed by atoms with Crippen molar-refractivity contribution < 1.29 is 0 Å². The summed E-state index contributed by atoms with van der Waals surface area (Å²) in [7, 11) is 0. The SMILES string of the molecule is c1ccc(-c2cc(-c3ccccc3)nc(-c3ccc4cc(-c5ccc6nc(-c7cccc8ccccc78)ccc6c5)ccc4n3)n2)cc1. The highest BCUT2D eigenvalue weighted by atomic mass is 14.9. The first-order valence-electron chi connectivity index (χ1n) is 16.1. The van der Waals surface area contributed by atoms with Crippen molar-refractivity contribution in [2.45, 2.75) is 0 Å². The summed E-state index contributed by atoms with van der Waals surface area (Å²) in [6.45, 7) is 0. The average molecular weight is 613 g/mol. The Morgan fingerprint density at radius 1 is 0.292 bits per heavy atom. The first-order valence-corrected chi connectivity index (χ1v) is 16.1. The molecule has 9 aromatic rings. The van der Waals surface area contributed by atoms with Gasteiger partial charge in [0, 0.05) is 27.5 Å². The van der Waals surface area contributed by atoms with Crippen LogP contribution in [0.1, 0.15) is 0 Å². The molecule has 0 radical (unpaired) electrons. The quantitative estimate of drug-likeness (QED) is 0.194. The zero-order valence-electron chi connectivity index (χ0n) is 26.0. The van der Waals surface area contributed by atoms with E-state index in [9.17, 15) is 0 Å². The number of hydrogen-bond acceptors (Lipinski definition) is 4. The molecule has 0 unspecified atom stereocenters. The van der Waals surface area contributed by atoms with E-state index in [0.717, 1.165) is 72.4 Å². The predicted octanol–water partition coefficient (Wildman–Crippen LogP) is 11.1. The van der Waals surface area contributed by atoms with Gasteiger partial charge in [0.2, 0.25) is 0 Å². The lowest BCUT2D eigenvalue weighted by molar-refractivity contribution is 1.16. The van der Waals surface area contributed by atoms with Crippen LogP contribution in [-0.4, -0.2) is 19.9 Å². The van der Waals surface area contributed by atoms with Crippen LogP contribution in [-0.2, 0) is 0 Å². The third kappa shape index (κ3) is 5.16. The van der Waals surface area contributed by atoms with E-state index >= 15 is 0 Å². The van der Waals surface area contributed by atoms with E-state index < -0.39 is 0 Å². The number of rotatable bonds is 5. The molecule has 4 heteroatoms. The van der Waals surface area contributed by atoms with Gasteiger partial charge in [-0.1, -0.05) is 127 Å². The third-order valence-corrected chi connectivity index (χ3v) is 8.87. The van der Waals surface area contributed by atoms with E-state index in [0.29, 0.717) is 5.82 Å². The number of benzene rings is 6. The summed E-state index contributed by atoms with van der Waals surface area (Å²) in [6, 6.07) is 58.6. The van der Waals surface area contributed by atoms with E-state index in [1.807, 2.05) is 48.5 Å². The Morgan fingerprint density at radius 2 is 0.833 bits per heavy atom. The smallest absolute Gasteiger partial charge is 0.179 e. The Bertz CT molecular complexity index is 2550. The van der Waals surface area contributed by atoms with Gasteiger partial charge in [-0.05, 0) is 64.4 Å². The third-order valence-electron chi connectivity index (χ3n) is 8.87. The first-order chi connectivity index (χ1) is 23.7. The summed E-state index contributed by atoms with van der Waals surface area (Å²) >= 11 is 0. The highest BCUT2D eigenvalue weighted by Crippen LogP contribution is 2.32. The minimum absolute atomic E-state index is 0.603. The topological polar surface area (TPSA) is 51.6 Å². The van der Waals surface area contributed by atoms with E-state index in [2.05, 4.69) is 121 Å². The van der Waals surface area contributed by atoms with Gasteiger partial charge >= 0.3 is 0 Å². The summed E-state index contributed by atoms with van der Waals surface area (Å²) in [6.07, 6.45) is 0. The molecule has 224 valence electrons. The minimum atomic E-state index is 0.603. The van der Waals surface area contributed by atoms with E-state index in [-0.39, 0.29) is 0 Å². The Morgan fingerprint density at radius 3 is 1.48 bits per heavy atom. The number of fused-ring (bicyclic) bond motifs is 3. The molecule has 0 saturated heterocycles. The monoisotopic (exact) mass is 612 g/mol. The Kier molecular flexibility index (Phi) is 6.76. The molecule has 0 spiro atoms. The molecule has 0 N–H and O–H groups in total. The maximum absolute atomic E-state index is 5.05. The lowest BCUT2D eigenvalue weighted by atomic mass is 9.99. The van der Waals surface area contributed by atoms with Gasteiger partial charge in [-0.15, -0.1) is 0 Å². The Labute approximate surface area is 278 Å². The number of hydrogen-bond donors (Lipinski definition) is 0. The molecule has 0 bridgehead atoms. The molecule has 0 saturated carbocycles. The molecule has 0 amide bonds. The van der Waals surface area contributed by atoms with Crippen LogP contribution in [0.2, 0.25) is 0 Å². The van der Waals surface area contributed by atoms with Crippen LogP contribution in [0.3, 0.4) is 0 Å². The molecule has 6 aromatic carbocycles. The maximum Gasteiger partial charge on any atom is 0.179 e. The fraction of sp³-hybridized carbons (Fsp3) is 0. The normalized spacial score (nSPS) is 11.3. The molecule has 0 aliphatic heterocycles. The molecule has 9 rings (SSSR count). The number of aromatic nitrogens is 4. The fourth-order valence-electron chi connectivity index (χ4n) is 6.41. The highest BCUT2D eigenvalue weighted by Gasteiger charge is 2.13. The summed E-state index contributed by atoms with van der Waals surface area (Å²) < 4.78 is 0. The van der Waals surface area contributed by atoms with Crippen LogP contribution < -0.4 is 0 Å². The largest absolute Gasteiger partial charge is 0.248 e. The molecular weight excluding hydrogens is 585 g/mol. The van der Waals surface area contributed by atoms with Crippen LogP contribution in [0.25, 0.3) is 89.0 Å². The van der Waals surface area contributed by atoms with E-state index in [1.54, 1.807) is 0 Å². The van der Waals surface area contributed by atoms with Crippen molar-refractivity contribution in [1.29, 1.82) is 0 Å². The van der Waals surface area contributed by atoms with Crippen LogP contribution in [0, 0.1) is 0 Å². The first kappa shape index (κ1) is 27.8. The fourth-order valence-corrected chi connectivity index (χ4v) is 6.41. The molecular formula is C44H28N4. The highest BCUT2D eigenvalue weighted by molar-refractivity contribution is 5.97. The predicted molar refractivity (Wildman–Crippen MR) is 197 cm³/mol. The molecule has 0 fully saturated rings. The van der Waals surface area contributed by atoms with Crippen LogP contribution in [0.5, 0.6) is 0 Å². The van der Waals surface area contributed by atoms with Gasteiger partial charge in [0.15, 0.2) is 5.82 Å². The van der Waals surface area contributed by atoms with Gasteiger partial charge in [-0.25, -0.2) is 19.9 Å². The van der Waals surface area contributed by atoms with Crippen molar-refractivity contribution in [3.8, 4) is 56.4 Å². The van der Waals surface area contributed by atoms with Crippen LogP contribution >= 0.6 is 0 Å². The summed E-state index contributed by atoms with van der Waals surface area (Å²) in [5.41, 5.74) is 10.8. The summed E-state index contributed by atoms with van der Waals surface area (Å²) in [5, 5.41) is 4.59. The number of nitrogens with zero attached hydrogens (tertiary/aromatic N) is 4. The molecule has 0 aliphatic carbocycles. The Hall–Kier alpha value is -6.52. The van der Waals surface area contributed by atoms with E-state index in [4.69, 9.17) is 19.9 Å². The second-order valence-electron chi connectivity index (χ2n) is 11.9. The van der Waals surface area contributed by atoms with Gasteiger partial charge in [0.1, 0.15) is 5.69 Å². The van der Waals surface area contributed by atoms with Crippen molar-refractivity contribution in [1.82, 2.24) is 19.9 Å². The van der Waals surface area contributed by atoms with Crippen molar-refractivity contribution in [2.75, 3.05) is 0 Å². The van der Waals surface area contributed by atoms with Gasteiger partial charge < -0.3 is 0 Å². The minimum Gasteiger partial charge on any atom is -0.248 e. The van der Waals surface area contributed by atoms with Crippen LogP contribution in [0.4, 0.5) is 0 Å². The summed E-state index contributed by atoms with van der Waals surface area (Å²) in [5.74, 6) is 0.603. The molecule has 4 nitrogen and oxygen atoms in total. The summed E-state index contributed by atoms with van der Waals surface area (Å²) in [4.78, 5) is 20.0. The molecule has 3 heterocycles. The standard InChI is InChI=1S/C44H28N4/c1-3-11-30(12-4-1)42-28-43(31-13-5-2-6-14-31)48-44(47-42)41-25-21-35-27-33(19-23-39(35)46-41)32-18-22-38-34(26-32)20-24-40(45-38)37-17-9-15-29-10-7-8-16-36(29)37/h1-28H. The zero-order valence-corrected chi connectivity index (χ0v) is 26.0. The molecule has 0 aliphatic rings. The second kappa shape index (κ2) is 11.7. The van der Waals surface area contributed by atoms with Crippen LogP contribution in [0.15, 0.2) is 170 Å². The molecule has 0 atom stereocenters. The maximum atomic E-state index is 5.05. The zero-order chi connectivity index (χ0) is 31.9. The Balaban J connectivity index is 1.06. The lowest BCUT2D eigenvalue weighted by Gasteiger charge is -2.10. The number of pyridine rings is 2. The average Bonchev–Trinajstić information content (AvgIpc) is 3.17. The van der Waals surface area contributed by atoms with Crippen molar-refractivity contribution in [3.05, 3.63) is 170 Å². The lowest BCUT2D eigenvalue weighted by Crippen LogP contribution is -1.97. The second-order valence-corrected chi connectivity index (χ2v) is 11.9. The molecule has 48 heavy (non-hydrogen) atoms. The van der Waals surface area contributed by atoms with Gasteiger partial charge in [0.25, 0.3) is 0 Å². The van der Waals surface area contributed by atoms with Gasteiger partial charge in [-0.2, -0.15) is 0 Å². The van der Waals surface area contributed by atoms with Gasteiger partial charge in [-0.3, -0.25) is 0 Å². The van der Waals surface area contributed by atoms with Crippen molar-refractivity contribution >= 4 is 32.6 Å². The van der Waals surface area contributed by atoms with Crippen molar-refractivity contribution in [2.24, 2.45) is 0 Å². The van der Waals surface area contributed by atoms with Gasteiger partial charge in [0.05, 0.1) is 28.1 Å². The molecule has 3 aromatic heterocycles.